The third-order valence-electron chi connectivity index (χ3n) is 5.74. The molecular formula is C21H24O8. The summed E-state index contributed by atoms with van der Waals surface area (Å²) in [7, 11) is 4.36. The quantitative estimate of drug-likeness (QED) is 0.697. The van der Waals surface area contributed by atoms with Crippen LogP contribution in [-0.2, 0) is 9.47 Å². The second-order valence-corrected chi connectivity index (χ2v) is 7.25. The van der Waals surface area contributed by atoms with E-state index in [0.29, 0.717) is 11.3 Å². The van der Waals surface area contributed by atoms with E-state index in [9.17, 15) is 15.3 Å². The molecule has 4 atom stereocenters. The highest BCUT2D eigenvalue weighted by Crippen LogP contribution is 2.54. The van der Waals surface area contributed by atoms with Gasteiger partial charge in [-0.1, -0.05) is 6.07 Å². The Morgan fingerprint density at radius 2 is 1.52 bits per heavy atom. The number of hydrogen-bond donors (Lipinski definition) is 3. The third-order valence-corrected chi connectivity index (χ3v) is 5.74. The fraction of sp³-hybridized carbons (Fsp3) is 0.429. The molecule has 4 rings (SSSR count). The number of benzene rings is 2. The number of hydrogen-bond acceptors (Lipinski definition) is 8. The maximum Gasteiger partial charge on any atom is 0.200 e. The van der Waals surface area contributed by atoms with Gasteiger partial charge in [0.15, 0.2) is 23.0 Å². The van der Waals surface area contributed by atoms with Gasteiger partial charge in [-0.3, -0.25) is 0 Å². The van der Waals surface area contributed by atoms with E-state index in [2.05, 4.69) is 0 Å². The van der Waals surface area contributed by atoms with E-state index in [1.807, 2.05) is 0 Å². The van der Waals surface area contributed by atoms with Gasteiger partial charge in [0.2, 0.25) is 5.75 Å². The molecule has 2 saturated heterocycles. The zero-order chi connectivity index (χ0) is 20.8. The van der Waals surface area contributed by atoms with Crippen LogP contribution in [0.3, 0.4) is 0 Å². The fourth-order valence-electron chi connectivity index (χ4n) is 4.20. The zero-order valence-corrected chi connectivity index (χ0v) is 16.4. The summed E-state index contributed by atoms with van der Waals surface area (Å²) < 4.78 is 27.6. The van der Waals surface area contributed by atoms with Gasteiger partial charge in [0.05, 0.1) is 40.6 Å². The lowest BCUT2D eigenvalue weighted by Crippen LogP contribution is -2.39. The van der Waals surface area contributed by atoms with Crippen molar-refractivity contribution in [2.45, 2.75) is 17.8 Å². The maximum absolute atomic E-state index is 11.5. The van der Waals surface area contributed by atoms with Crippen LogP contribution in [0.2, 0.25) is 0 Å². The van der Waals surface area contributed by atoms with Crippen LogP contribution in [0.4, 0.5) is 0 Å². The monoisotopic (exact) mass is 404 g/mol. The van der Waals surface area contributed by atoms with Gasteiger partial charge in [0.1, 0.15) is 11.7 Å². The average molecular weight is 404 g/mol. The number of rotatable bonds is 5. The van der Waals surface area contributed by atoms with Crippen molar-refractivity contribution < 1.29 is 39.0 Å². The van der Waals surface area contributed by atoms with E-state index in [4.69, 9.17) is 23.7 Å². The first-order valence-electron chi connectivity index (χ1n) is 9.20. The van der Waals surface area contributed by atoms with Crippen molar-refractivity contribution in [3.05, 3.63) is 41.5 Å². The highest BCUT2D eigenvalue weighted by atomic mass is 16.6. The van der Waals surface area contributed by atoms with Crippen LogP contribution in [0.5, 0.6) is 28.7 Å². The number of aliphatic hydroxyl groups is 1. The van der Waals surface area contributed by atoms with Crippen LogP contribution in [0, 0.1) is 5.92 Å². The molecule has 0 spiro atoms. The van der Waals surface area contributed by atoms with E-state index >= 15 is 0 Å². The molecule has 2 fully saturated rings. The zero-order valence-electron chi connectivity index (χ0n) is 16.4. The van der Waals surface area contributed by atoms with Crippen LogP contribution in [-0.4, -0.2) is 55.5 Å². The molecule has 2 heterocycles. The molecule has 0 radical (unpaired) electrons. The lowest BCUT2D eigenvalue weighted by Gasteiger charge is -2.28. The number of aromatic hydroxyl groups is 2. The second-order valence-electron chi connectivity index (χ2n) is 7.25. The van der Waals surface area contributed by atoms with E-state index in [1.165, 1.54) is 27.4 Å². The van der Waals surface area contributed by atoms with Gasteiger partial charge in [0, 0.05) is 5.92 Å². The van der Waals surface area contributed by atoms with Gasteiger partial charge in [0.25, 0.3) is 0 Å². The van der Waals surface area contributed by atoms with Gasteiger partial charge in [-0.2, -0.15) is 0 Å². The summed E-state index contributed by atoms with van der Waals surface area (Å²) in [6.45, 7) is 0.349. The summed E-state index contributed by atoms with van der Waals surface area (Å²) in [5.41, 5.74) is 0.128. The minimum atomic E-state index is -1.28. The summed E-state index contributed by atoms with van der Waals surface area (Å²) in [5.74, 6) is 0.394. The molecule has 29 heavy (non-hydrogen) atoms. The van der Waals surface area contributed by atoms with Crippen molar-refractivity contribution in [3.8, 4) is 28.7 Å². The van der Waals surface area contributed by atoms with Crippen molar-refractivity contribution in [2.24, 2.45) is 5.92 Å². The van der Waals surface area contributed by atoms with Crippen molar-refractivity contribution in [2.75, 3.05) is 34.5 Å². The van der Waals surface area contributed by atoms with Crippen LogP contribution in [0.15, 0.2) is 30.3 Å². The number of phenols is 2. The predicted molar refractivity (Wildman–Crippen MR) is 102 cm³/mol. The van der Waals surface area contributed by atoms with Gasteiger partial charge in [-0.15, -0.1) is 0 Å². The molecule has 0 aliphatic carbocycles. The molecule has 8 nitrogen and oxygen atoms in total. The largest absolute Gasteiger partial charge is 0.504 e. The third kappa shape index (κ3) is 3.04. The molecular weight excluding hydrogens is 380 g/mol. The summed E-state index contributed by atoms with van der Waals surface area (Å²) >= 11 is 0. The van der Waals surface area contributed by atoms with E-state index in [1.54, 1.807) is 24.3 Å². The molecule has 0 saturated carbocycles. The normalized spacial score (nSPS) is 28.2. The lowest BCUT2D eigenvalue weighted by atomic mass is 9.81. The highest BCUT2D eigenvalue weighted by molar-refractivity contribution is 5.54. The van der Waals surface area contributed by atoms with Crippen molar-refractivity contribution in [1.82, 2.24) is 0 Å². The Kier molecular flexibility index (Phi) is 4.94. The molecule has 8 heteroatoms. The van der Waals surface area contributed by atoms with Crippen LogP contribution < -0.4 is 14.2 Å². The van der Waals surface area contributed by atoms with E-state index in [0.717, 1.165) is 5.56 Å². The minimum absolute atomic E-state index is 0.0355. The number of fused-ring (bicyclic) bond motifs is 1. The molecule has 2 aromatic carbocycles. The van der Waals surface area contributed by atoms with Crippen molar-refractivity contribution in [3.63, 3.8) is 0 Å². The second kappa shape index (κ2) is 7.29. The first kappa shape index (κ1) is 19.6. The highest BCUT2D eigenvalue weighted by Gasteiger charge is 2.59. The van der Waals surface area contributed by atoms with E-state index < -0.39 is 17.8 Å². The molecule has 0 bridgehead atoms. The molecule has 0 amide bonds. The smallest absolute Gasteiger partial charge is 0.200 e. The molecule has 156 valence electrons. The van der Waals surface area contributed by atoms with Crippen molar-refractivity contribution in [1.29, 1.82) is 0 Å². The number of phenolic OH excluding ortho intramolecular Hbond substituents is 2. The fourth-order valence-corrected chi connectivity index (χ4v) is 4.20. The molecule has 4 unspecified atom stereocenters. The summed E-state index contributed by atoms with van der Waals surface area (Å²) in [4.78, 5) is 0. The van der Waals surface area contributed by atoms with Crippen LogP contribution >= 0.6 is 0 Å². The summed E-state index contributed by atoms with van der Waals surface area (Å²) in [5, 5.41) is 31.5. The van der Waals surface area contributed by atoms with Gasteiger partial charge in [-0.25, -0.2) is 0 Å². The Morgan fingerprint density at radius 1 is 0.897 bits per heavy atom. The topological polar surface area (TPSA) is 107 Å². The number of methoxy groups -OCH3 is 3. The Morgan fingerprint density at radius 3 is 2.14 bits per heavy atom. The summed E-state index contributed by atoms with van der Waals surface area (Å²) in [6.07, 6.45) is -1.10. The predicted octanol–water partition coefficient (Wildman–Crippen LogP) is 2.31. The Labute approximate surface area is 168 Å². The molecule has 0 aromatic heterocycles. The molecule has 2 aromatic rings. The maximum atomic E-state index is 11.5. The Balaban J connectivity index is 1.67. The summed E-state index contributed by atoms with van der Waals surface area (Å²) in [6, 6.07) is 8.23. The molecule has 2 aliphatic rings. The van der Waals surface area contributed by atoms with Gasteiger partial charge < -0.3 is 39.0 Å². The minimum Gasteiger partial charge on any atom is -0.504 e. The van der Waals surface area contributed by atoms with Gasteiger partial charge >= 0.3 is 0 Å². The lowest BCUT2D eigenvalue weighted by molar-refractivity contribution is -0.0629. The van der Waals surface area contributed by atoms with Gasteiger partial charge in [-0.05, 0) is 35.4 Å². The van der Waals surface area contributed by atoms with Crippen LogP contribution in [0.1, 0.15) is 23.3 Å². The molecule has 3 N–H and O–H groups in total. The average Bonchev–Trinajstić information content (AvgIpc) is 3.23. The Bertz CT molecular complexity index is 889. The van der Waals surface area contributed by atoms with Crippen molar-refractivity contribution >= 4 is 0 Å². The van der Waals surface area contributed by atoms with E-state index in [-0.39, 0.29) is 42.1 Å². The molecule has 2 aliphatic heterocycles. The van der Waals surface area contributed by atoms with Crippen LogP contribution in [0.25, 0.3) is 0 Å². The standard InChI is InChI=1S/C21H24O8/c1-25-15-6-11(4-5-14(15)22)19-13-9-28-20(21(13,24)10-29-19)12-7-16(26-2)18(23)17(8-12)27-3/h4-8,13,19-20,22-24H,9-10H2,1-3H3. The first-order valence-corrected chi connectivity index (χ1v) is 9.20. The number of ether oxygens (including phenoxy) is 5. The first-order chi connectivity index (χ1) is 13.9. The SMILES string of the molecule is COc1cc(C2OCC3(O)C(c4cc(OC)c(O)c(OC)c4)OCC23)ccc1O. The Hall–Kier alpha value is -2.68.